The van der Waals surface area contributed by atoms with E-state index in [1.165, 1.54) is 11.3 Å². The Morgan fingerprint density at radius 3 is 2.88 bits per heavy atom. The first kappa shape index (κ1) is 12.4. The third kappa shape index (κ3) is 2.61. The smallest absolute Gasteiger partial charge is 0.265 e. The maximum atomic E-state index is 11.8. The van der Waals surface area contributed by atoms with Crippen molar-refractivity contribution in [3.05, 3.63) is 29.1 Å². The first-order valence-electron chi connectivity index (χ1n) is 5.28. The molecule has 0 saturated carbocycles. The quantitative estimate of drug-likeness (QED) is 0.673. The zero-order chi connectivity index (χ0) is 12.3. The molecule has 1 aromatic carbocycles. The van der Waals surface area contributed by atoms with Gasteiger partial charge in [-0.1, -0.05) is 28.1 Å². The van der Waals surface area contributed by atoms with Crippen molar-refractivity contribution in [3.8, 4) is 5.75 Å². The molecule has 0 unspecified atom stereocenters. The van der Waals surface area contributed by atoms with Crippen LogP contribution in [0.4, 0.5) is 0 Å². The topological polar surface area (TPSA) is 49.3 Å². The number of hydrogen-bond donors (Lipinski definition) is 2. The van der Waals surface area contributed by atoms with Crippen molar-refractivity contribution in [2.75, 3.05) is 11.9 Å². The van der Waals surface area contributed by atoms with Gasteiger partial charge >= 0.3 is 0 Å². The zero-order valence-corrected chi connectivity index (χ0v) is 11.5. The van der Waals surface area contributed by atoms with E-state index in [-0.39, 0.29) is 11.7 Å². The van der Waals surface area contributed by atoms with Crippen LogP contribution in [0.15, 0.2) is 24.3 Å². The van der Waals surface area contributed by atoms with Crippen LogP contribution in [0.1, 0.15) is 16.1 Å². The minimum absolute atomic E-state index is 0.0851. The third-order valence-electron chi connectivity index (χ3n) is 2.37. The fourth-order valence-electron chi connectivity index (χ4n) is 1.53. The summed E-state index contributed by atoms with van der Waals surface area (Å²) in [5, 5.41) is 14.3. The maximum absolute atomic E-state index is 11.8. The standard InChI is InChI=1S/C12H12BrNO2S/c13-6-3-7-14-12(16)11-10(15)8-4-1-2-5-9(8)17-11/h1-2,4-5,15H,3,6-7H2,(H,14,16). The molecule has 0 aliphatic carbocycles. The maximum Gasteiger partial charge on any atom is 0.265 e. The molecule has 1 amide bonds. The van der Waals surface area contributed by atoms with Crippen LogP contribution in [0, 0.1) is 0 Å². The lowest BCUT2D eigenvalue weighted by Crippen LogP contribution is -2.23. The van der Waals surface area contributed by atoms with Crippen molar-refractivity contribution in [2.24, 2.45) is 0 Å². The van der Waals surface area contributed by atoms with E-state index in [2.05, 4.69) is 21.2 Å². The SMILES string of the molecule is O=C(NCCCBr)c1sc2ccccc2c1O. The van der Waals surface area contributed by atoms with E-state index in [9.17, 15) is 9.90 Å². The van der Waals surface area contributed by atoms with Crippen LogP contribution in [0.25, 0.3) is 10.1 Å². The number of thiophene rings is 1. The van der Waals surface area contributed by atoms with Crippen molar-refractivity contribution in [2.45, 2.75) is 6.42 Å². The van der Waals surface area contributed by atoms with E-state index >= 15 is 0 Å². The average molecular weight is 314 g/mol. The summed E-state index contributed by atoms with van der Waals surface area (Å²) in [6.45, 7) is 0.609. The summed E-state index contributed by atoms with van der Waals surface area (Å²) in [5.74, 6) is -0.119. The molecule has 90 valence electrons. The summed E-state index contributed by atoms with van der Waals surface area (Å²) >= 11 is 4.62. The predicted molar refractivity (Wildman–Crippen MR) is 74.2 cm³/mol. The Labute approximate surface area is 112 Å². The first-order valence-corrected chi connectivity index (χ1v) is 7.22. The van der Waals surface area contributed by atoms with Crippen molar-refractivity contribution < 1.29 is 9.90 Å². The molecule has 5 heteroatoms. The van der Waals surface area contributed by atoms with Crippen molar-refractivity contribution in [1.82, 2.24) is 5.32 Å². The highest BCUT2D eigenvalue weighted by Gasteiger charge is 2.16. The van der Waals surface area contributed by atoms with E-state index in [1.54, 1.807) is 0 Å². The molecular weight excluding hydrogens is 302 g/mol. The number of benzene rings is 1. The van der Waals surface area contributed by atoms with Gasteiger partial charge in [0.1, 0.15) is 10.6 Å². The zero-order valence-electron chi connectivity index (χ0n) is 9.07. The Balaban J connectivity index is 2.23. The molecule has 17 heavy (non-hydrogen) atoms. The summed E-state index contributed by atoms with van der Waals surface area (Å²) in [5.41, 5.74) is 0. The molecule has 0 aliphatic heterocycles. The van der Waals surface area contributed by atoms with E-state index in [1.807, 2.05) is 24.3 Å². The molecule has 3 nitrogen and oxygen atoms in total. The minimum Gasteiger partial charge on any atom is -0.506 e. The highest BCUT2D eigenvalue weighted by molar-refractivity contribution is 9.09. The van der Waals surface area contributed by atoms with Crippen LogP contribution >= 0.6 is 27.3 Å². The van der Waals surface area contributed by atoms with E-state index in [4.69, 9.17) is 0 Å². The Hall–Kier alpha value is -1.07. The molecule has 0 aliphatic rings. The minimum atomic E-state index is -0.204. The highest BCUT2D eigenvalue weighted by atomic mass is 79.9. The van der Waals surface area contributed by atoms with E-state index in [0.717, 1.165) is 21.8 Å². The Kier molecular flexibility index (Phi) is 4.02. The molecule has 0 bridgehead atoms. The van der Waals surface area contributed by atoms with E-state index in [0.29, 0.717) is 11.4 Å². The lowest BCUT2D eigenvalue weighted by atomic mass is 10.2. The van der Waals surface area contributed by atoms with Gasteiger partial charge in [-0.25, -0.2) is 0 Å². The number of nitrogens with one attached hydrogen (secondary N) is 1. The van der Waals surface area contributed by atoms with Gasteiger partial charge in [-0.05, 0) is 18.6 Å². The van der Waals surface area contributed by atoms with Gasteiger partial charge in [0.15, 0.2) is 0 Å². The highest BCUT2D eigenvalue weighted by Crippen LogP contribution is 2.36. The molecule has 0 atom stereocenters. The van der Waals surface area contributed by atoms with Gasteiger partial charge in [0.2, 0.25) is 0 Å². The molecule has 2 N–H and O–H groups in total. The van der Waals surface area contributed by atoms with E-state index < -0.39 is 0 Å². The molecule has 0 spiro atoms. The number of carbonyl (C=O) groups is 1. The van der Waals surface area contributed by atoms with Crippen LogP contribution in [0.3, 0.4) is 0 Å². The number of amides is 1. The van der Waals surface area contributed by atoms with Gasteiger partial charge in [-0.15, -0.1) is 11.3 Å². The monoisotopic (exact) mass is 313 g/mol. The predicted octanol–water partition coefficient (Wildman–Crippen LogP) is 3.12. The van der Waals surface area contributed by atoms with Gasteiger partial charge in [0.05, 0.1) is 0 Å². The number of halogens is 1. The molecule has 0 radical (unpaired) electrons. The fraction of sp³-hybridized carbons (Fsp3) is 0.250. The average Bonchev–Trinajstić information content (AvgIpc) is 2.68. The Morgan fingerprint density at radius 1 is 1.41 bits per heavy atom. The van der Waals surface area contributed by atoms with Gasteiger partial charge < -0.3 is 10.4 Å². The molecular formula is C12H12BrNO2S. The normalized spacial score (nSPS) is 10.6. The first-order chi connectivity index (χ1) is 8.24. The van der Waals surface area contributed by atoms with Crippen LogP contribution < -0.4 is 5.32 Å². The number of alkyl halides is 1. The van der Waals surface area contributed by atoms with Crippen LogP contribution in [0.5, 0.6) is 5.75 Å². The summed E-state index contributed by atoms with van der Waals surface area (Å²) < 4.78 is 0.927. The number of aromatic hydroxyl groups is 1. The Morgan fingerprint density at radius 2 is 2.18 bits per heavy atom. The summed E-state index contributed by atoms with van der Waals surface area (Å²) in [6.07, 6.45) is 0.872. The lowest BCUT2D eigenvalue weighted by Gasteiger charge is -2.01. The van der Waals surface area contributed by atoms with Gasteiger partial charge in [0.25, 0.3) is 5.91 Å². The van der Waals surface area contributed by atoms with Gasteiger partial charge in [-0.2, -0.15) is 0 Å². The molecule has 2 rings (SSSR count). The van der Waals surface area contributed by atoms with Crippen LogP contribution in [-0.2, 0) is 0 Å². The largest absolute Gasteiger partial charge is 0.506 e. The van der Waals surface area contributed by atoms with Crippen LogP contribution in [0.2, 0.25) is 0 Å². The van der Waals surface area contributed by atoms with Gasteiger partial charge in [0, 0.05) is 22.0 Å². The molecule has 0 fully saturated rings. The van der Waals surface area contributed by atoms with Crippen molar-refractivity contribution in [1.29, 1.82) is 0 Å². The Bertz CT molecular complexity index is 538. The second kappa shape index (κ2) is 5.51. The number of rotatable bonds is 4. The number of carbonyl (C=O) groups excluding carboxylic acids is 1. The van der Waals surface area contributed by atoms with Crippen LogP contribution in [-0.4, -0.2) is 22.9 Å². The van der Waals surface area contributed by atoms with Crippen molar-refractivity contribution in [3.63, 3.8) is 0 Å². The number of hydrogen-bond acceptors (Lipinski definition) is 3. The number of fused-ring (bicyclic) bond motifs is 1. The lowest BCUT2D eigenvalue weighted by molar-refractivity contribution is 0.0955. The second-order valence-corrected chi connectivity index (χ2v) is 5.42. The fourth-order valence-corrected chi connectivity index (χ4v) is 2.83. The van der Waals surface area contributed by atoms with Crippen molar-refractivity contribution >= 4 is 43.3 Å². The third-order valence-corrected chi connectivity index (χ3v) is 4.09. The molecule has 1 aromatic heterocycles. The molecule has 2 aromatic rings. The second-order valence-electron chi connectivity index (χ2n) is 3.57. The summed E-state index contributed by atoms with van der Waals surface area (Å²) in [7, 11) is 0. The summed E-state index contributed by atoms with van der Waals surface area (Å²) in [4.78, 5) is 12.2. The summed E-state index contributed by atoms with van der Waals surface area (Å²) in [6, 6.07) is 7.46. The molecule has 0 saturated heterocycles. The molecule has 1 heterocycles. The van der Waals surface area contributed by atoms with Gasteiger partial charge in [-0.3, -0.25) is 4.79 Å².